The number of hydrogen-bond acceptors (Lipinski definition) is 2. The fourth-order valence-electron chi connectivity index (χ4n) is 0.813. The van der Waals surface area contributed by atoms with Gasteiger partial charge in [-0.3, -0.25) is 0 Å². The summed E-state index contributed by atoms with van der Waals surface area (Å²) in [4.78, 5) is 8.00. The van der Waals surface area contributed by atoms with E-state index in [9.17, 15) is 0 Å². The van der Waals surface area contributed by atoms with Crippen LogP contribution in [0.15, 0.2) is 66.7 Å². The van der Waals surface area contributed by atoms with Crippen LogP contribution in [-0.4, -0.2) is 11.9 Å². The molecule has 0 aliphatic carbocycles. The first-order valence-corrected chi connectivity index (χ1v) is 4.42. The number of carbonyl (C=O) groups excluding carboxylic acids is 1. The molecule has 0 unspecified atom stereocenters. The quantitative estimate of drug-likeness (QED) is 0.713. The first-order chi connectivity index (χ1) is 7.39. The molecule has 0 spiro atoms. The first-order valence-electron chi connectivity index (χ1n) is 4.42. The molecule has 0 saturated carbocycles. The maximum absolute atomic E-state index is 8.63. The fourth-order valence-corrected chi connectivity index (χ4v) is 0.813. The molecule has 1 N–H and O–H groups in total. The Hall–Kier alpha value is -2.09. The molecule has 0 fully saturated rings. The Balaban J connectivity index is 0.000000227. The van der Waals surface area contributed by atoms with Crippen molar-refractivity contribution in [2.45, 2.75) is 0 Å². The van der Waals surface area contributed by atoms with E-state index >= 15 is 0 Å². The maximum atomic E-state index is 8.63. The molecule has 0 heterocycles. The van der Waals surface area contributed by atoms with Gasteiger partial charge in [-0.1, -0.05) is 54.6 Å². The second-order valence-corrected chi connectivity index (χ2v) is 2.49. The van der Waals surface area contributed by atoms with Crippen molar-refractivity contribution in [2.24, 2.45) is 0 Å². The standard InChI is InChI=1S/C6H6O.C6H6.CH2O/c7-6-4-2-1-3-5-6;1-2-4-6-5-3-1;1-2/h1-5,7H;1-6H;1H2. The van der Waals surface area contributed by atoms with Crippen LogP contribution in [0.5, 0.6) is 5.75 Å². The Morgan fingerprint density at radius 3 is 1.13 bits per heavy atom. The van der Waals surface area contributed by atoms with E-state index in [0.717, 1.165) is 0 Å². The lowest BCUT2D eigenvalue weighted by atomic mass is 10.3. The van der Waals surface area contributed by atoms with Gasteiger partial charge in [-0.15, -0.1) is 0 Å². The molecule has 78 valence electrons. The fraction of sp³-hybridized carbons (Fsp3) is 0. The van der Waals surface area contributed by atoms with Crippen molar-refractivity contribution in [3.8, 4) is 5.75 Å². The van der Waals surface area contributed by atoms with Crippen molar-refractivity contribution in [1.82, 2.24) is 0 Å². The van der Waals surface area contributed by atoms with Crippen molar-refractivity contribution in [2.75, 3.05) is 0 Å². The molecule has 0 saturated heterocycles. The van der Waals surface area contributed by atoms with E-state index in [1.165, 1.54) is 0 Å². The monoisotopic (exact) mass is 202 g/mol. The van der Waals surface area contributed by atoms with Crippen LogP contribution in [0, 0.1) is 0 Å². The molecule has 2 aromatic rings. The Kier molecular flexibility index (Phi) is 8.60. The van der Waals surface area contributed by atoms with Gasteiger partial charge in [-0.2, -0.15) is 0 Å². The zero-order valence-electron chi connectivity index (χ0n) is 8.41. The number of aromatic hydroxyl groups is 1. The molecule has 0 amide bonds. The topological polar surface area (TPSA) is 37.3 Å². The zero-order chi connectivity index (χ0) is 11.4. The molecule has 0 aromatic heterocycles. The summed E-state index contributed by atoms with van der Waals surface area (Å²) >= 11 is 0. The first kappa shape index (κ1) is 12.9. The van der Waals surface area contributed by atoms with E-state index in [1.807, 2.05) is 49.3 Å². The summed E-state index contributed by atoms with van der Waals surface area (Å²) in [6.45, 7) is 2.00. The van der Waals surface area contributed by atoms with Gasteiger partial charge in [0, 0.05) is 0 Å². The summed E-state index contributed by atoms with van der Waals surface area (Å²) in [5.74, 6) is 0.322. The molecular weight excluding hydrogens is 188 g/mol. The van der Waals surface area contributed by atoms with E-state index in [2.05, 4.69) is 0 Å². The number of hydrogen-bond donors (Lipinski definition) is 1. The smallest absolute Gasteiger partial charge is 0.115 e. The van der Waals surface area contributed by atoms with Gasteiger partial charge in [0.15, 0.2) is 0 Å². The summed E-state index contributed by atoms with van der Waals surface area (Å²) in [7, 11) is 0. The highest BCUT2D eigenvalue weighted by Crippen LogP contribution is 2.02. The van der Waals surface area contributed by atoms with Gasteiger partial charge in [0.25, 0.3) is 0 Å². The molecule has 0 aliphatic rings. The lowest BCUT2D eigenvalue weighted by molar-refractivity contribution is -0.0979. The highest BCUT2D eigenvalue weighted by molar-refractivity contribution is 5.18. The summed E-state index contributed by atoms with van der Waals surface area (Å²) in [5, 5.41) is 8.63. The van der Waals surface area contributed by atoms with E-state index in [4.69, 9.17) is 9.90 Å². The largest absolute Gasteiger partial charge is 0.508 e. The van der Waals surface area contributed by atoms with Crippen molar-refractivity contribution in [3.63, 3.8) is 0 Å². The number of rotatable bonds is 0. The van der Waals surface area contributed by atoms with Crippen LogP contribution in [0.4, 0.5) is 0 Å². The Labute approximate surface area is 89.8 Å². The van der Waals surface area contributed by atoms with E-state index in [0.29, 0.717) is 5.75 Å². The molecule has 0 bridgehead atoms. The van der Waals surface area contributed by atoms with Crippen molar-refractivity contribution >= 4 is 6.79 Å². The average Bonchev–Trinajstić information content (AvgIpc) is 2.36. The highest BCUT2D eigenvalue weighted by Gasteiger charge is 1.74. The molecule has 2 nitrogen and oxygen atoms in total. The highest BCUT2D eigenvalue weighted by atomic mass is 16.3. The van der Waals surface area contributed by atoms with Crippen LogP contribution in [0.3, 0.4) is 0 Å². The predicted molar refractivity (Wildman–Crippen MR) is 61.7 cm³/mol. The van der Waals surface area contributed by atoms with E-state index in [-0.39, 0.29) is 0 Å². The maximum Gasteiger partial charge on any atom is 0.115 e. The summed E-state index contributed by atoms with van der Waals surface area (Å²) < 4.78 is 0. The van der Waals surface area contributed by atoms with Gasteiger partial charge in [-0.25, -0.2) is 0 Å². The van der Waals surface area contributed by atoms with Crippen LogP contribution in [0.25, 0.3) is 0 Å². The third kappa shape index (κ3) is 8.25. The van der Waals surface area contributed by atoms with Crippen LogP contribution >= 0.6 is 0 Å². The average molecular weight is 202 g/mol. The van der Waals surface area contributed by atoms with E-state index in [1.54, 1.807) is 24.3 Å². The summed E-state index contributed by atoms with van der Waals surface area (Å²) in [5.41, 5.74) is 0. The molecule has 0 aliphatic heterocycles. The lowest BCUT2D eigenvalue weighted by Gasteiger charge is -1.82. The normalized spacial score (nSPS) is 7.47. The predicted octanol–water partition coefficient (Wildman–Crippen LogP) is 2.89. The van der Waals surface area contributed by atoms with Gasteiger partial charge in [-0.05, 0) is 12.1 Å². The number of phenolic OH excluding ortho intramolecular Hbond substituents is 1. The van der Waals surface area contributed by atoms with Crippen molar-refractivity contribution in [1.29, 1.82) is 0 Å². The van der Waals surface area contributed by atoms with Gasteiger partial charge in [0.05, 0.1) is 0 Å². The van der Waals surface area contributed by atoms with Gasteiger partial charge < -0.3 is 9.90 Å². The van der Waals surface area contributed by atoms with Crippen LogP contribution in [-0.2, 0) is 4.79 Å². The van der Waals surface area contributed by atoms with Gasteiger partial charge >= 0.3 is 0 Å². The van der Waals surface area contributed by atoms with Gasteiger partial charge in [0.2, 0.25) is 0 Å². The minimum Gasteiger partial charge on any atom is -0.508 e. The molecule has 2 heteroatoms. The number of benzene rings is 2. The number of para-hydroxylation sites is 1. The Bertz CT molecular complexity index is 292. The molecule has 0 radical (unpaired) electrons. The number of phenols is 1. The number of carbonyl (C=O) groups is 1. The molecule has 2 rings (SSSR count). The SMILES string of the molecule is C=O.Oc1ccccc1.c1ccccc1. The van der Waals surface area contributed by atoms with Crippen LogP contribution < -0.4 is 0 Å². The van der Waals surface area contributed by atoms with Crippen molar-refractivity contribution < 1.29 is 9.90 Å². The molecular formula is C13H14O2. The molecule has 15 heavy (non-hydrogen) atoms. The molecule has 0 atom stereocenters. The van der Waals surface area contributed by atoms with Crippen LogP contribution in [0.2, 0.25) is 0 Å². The minimum atomic E-state index is 0.322. The summed E-state index contributed by atoms with van der Waals surface area (Å²) in [6.07, 6.45) is 0. The van der Waals surface area contributed by atoms with E-state index < -0.39 is 0 Å². The molecule has 2 aromatic carbocycles. The third-order valence-corrected chi connectivity index (χ3v) is 1.42. The Morgan fingerprint density at radius 1 is 0.667 bits per heavy atom. The third-order valence-electron chi connectivity index (χ3n) is 1.42. The van der Waals surface area contributed by atoms with Crippen molar-refractivity contribution in [3.05, 3.63) is 66.7 Å². The second kappa shape index (κ2) is 9.99. The van der Waals surface area contributed by atoms with Gasteiger partial charge in [0.1, 0.15) is 12.5 Å². The second-order valence-electron chi connectivity index (χ2n) is 2.49. The lowest BCUT2D eigenvalue weighted by Crippen LogP contribution is -1.56. The summed E-state index contributed by atoms with van der Waals surface area (Å²) in [6, 6.07) is 20.7. The minimum absolute atomic E-state index is 0.322. The zero-order valence-corrected chi connectivity index (χ0v) is 8.41. The van der Waals surface area contributed by atoms with Crippen LogP contribution in [0.1, 0.15) is 0 Å². The Morgan fingerprint density at radius 2 is 0.933 bits per heavy atom.